The summed E-state index contributed by atoms with van der Waals surface area (Å²) in [6, 6.07) is 4.25. The van der Waals surface area contributed by atoms with Gasteiger partial charge in [-0.25, -0.2) is 0 Å². The van der Waals surface area contributed by atoms with Gasteiger partial charge >= 0.3 is 0 Å². The fourth-order valence-electron chi connectivity index (χ4n) is 2.42. The molecule has 1 atom stereocenters. The Morgan fingerprint density at radius 1 is 1.59 bits per heavy atom. The van der Waals surface area contributed by atoms with E-state index in [2.05, 4.69) is 0 Å². The first-order valence-electron chi connectivity index (χ1n) is 6.20. The fraction of sp³-hybridized carbons (Fsp3) is 0.615. The van der Waals surface area contributed by atoms with Gasteiger partial charge < -0.3 is 10.0 Å². The van der Waals surface area contributed by atoms with Gasteiger partial charge in [-0.15, -0.1) is 11.3 Å². The highest BCUT2D eigenvalue weighted by Crippen LogP contribution is 2.25. The number of carbonyl (C=O) groups is 1. The molecule has 1 aromatic rings. The number of aliphatic hydroxyl groups excluding tert-OH is 1. The van der Waals surface area contributed by atoms with Crippen LogP contribution < -0.4 is 0 Å². The Morgan fingerprint density at radius 2 is 2.41 bits per heavy atom. The molecule has 0 radical (unpaired) electrons. The largest absolute Gasteiger partial charge is 0.396 e. The second-order valence-electron chi connectivity index (χ2n) is 4.57. The first-order valence-corrected chi connectivity index (χ1v) is 7.02. The summed E-state index contributed by atoms with van der Waals surface area (Å²) < 4.78 is 0. The Labute approximate surface area is 106 Å². The average Bonchev–Trinajstić information content (AvgIpc) is 2.94. The standard InChI is InChI=1S/C13H19NO2S/c1-10-6-7-12(17-10)13(16)14-8-2-4-11(14)5-3-9-15/h6-7,11,15H,2-5,8-9H2,1H3. The number of amides is 1. The van der Waals surface area contributed by atoms with E-state index in [0.29, 0.717) is 6.04 Å². The molecule has 2 heterocycles. The van der Waals surface area contributed by atoms with Crippen molar-refractivity contribution in [1.29, 1.82) is 0 Å². The van der Waals surface area contributed by atoms with Crippen molar-refractivity contribution in [2.45, 2.75) is 38.6 Å². The highest BCUT2D eigenvalue weighted by atomic mass is 32.1. The van der Waals surface area contributed by atoms with Crippen molar-refractivity contribution in [3.63, 3.8) is 0 Å². The summed E-state index contributed by atoms with van der Waals surface area (Å²) in [5.41, 5.74) is 0. The first-order chi connectivity index (χ1) is 8.22. The molecule has 17 heavy (non-hydrogen) atoms. The van der Waals surface area contributed by atoms with E-state index in [0.717, 1.165) is 37.1 Å². The highest BCUT2D eigenvalue weighted by molar-refractivity contribution is 7.13. The number of thiophene rings is 1. The molecule has 1 amide bonds. The number of nitrogens with zero attached hydrogens (tertiary/aromatic N) is 1. The minimum Gasteiger partial charge on any atom is -0.396 e. The van der Waals surface area contributed by atoms with E-state index in [1.54, 1.807) is 11.3 Å². The molecule has 1 fully saturated rings. The van der Waals surface area contributed by atoms with Gasteiger partial charge in [0, 0.05) is 24.1 Å². The molecule has 1 aliphatic rings. The summed E-state index contributed by atoms with van der Waals surface area (Å²) >= 11 is 1.57. The lowest BCUT2D eigenvalue weighted by atomic mass is 10.1. The van der Waals surface area contributed by atoms with Crippen LogP contribution in [0.4, 0.5) is 0 Å². The second kappa shape index (κ2) is 5.65. The van der Waals surface area contributed by atoms with Crippen molar-refractivity contribution in [2.75, 3.05) is 13.2 Å². The quantitative estimate of drug-likeness (QED) is 0.895. The molecule has 1 aliphatic heterocycles. The van der Waals surface area contributed by atoms with Gasteiger partial charge in [0.25, 0.3) is 5.91 Å². The molecule has 1 saturated heterocycles. The van der Waals surface area contributed by atoms with Crippen LogP contribution in [0.2, 0.25) is 0 Å². The van der Waals surface area contributed by atoms with Gasteiger partial charge in [-0.05, 0) is 44.7 Å². The van der Waals surface area contributed by atoms with Crippen LogP contribution in [0, 0.1) is 6.92 Å². The molecular formula is C13H19NO2S. The van der Waals surface area contributed by atoms with Crippen molar-refractivity contribution >= 4 is 17.2 Å². The van der Waals surface area contributed by atoms with Crippen LogP contribution in [-0.4, -0.2) is 35.1 Å². The van der Waals surface area contributed by atoms with Crippen LogP contribution in [0.1, 0.15) is 40.2 Å². The predicted octanol–water partition coefficient (Wildman–Crippen LogP) is 2.43. The monoisotopic (exact) mass is 253 g/mol. The Hall–Kier alpha value is -0.870. The van der Waals surface area contributed by atoms with Crippen molar-refractivity contribution in [3.05, 3.63) is 21.9 Å². The zero-order chi connectivity index (χ0) is 12.3. The summed E-state index contributed by atoms with van der Waals surface area (Å²) in [6.45, 7) is 3.11. The number of carbonyl (C=O) groups excluding carboxylic acids is 1. The Kier molecular flexibility index (Phi) is 4.18. The SMILES string of the molecule is Cc1ccc(C(=O)N2CCCC2CCCO)s1. The minimum atomic E-state index is 0.170. The summed E-state index contributed by atoms with van der Waals surface area (Å²) in [7, 11) is 0. The normalized spacial score (nSPS) is 19.9. The van der Waals surface area contributed by atoms with E-state index in [4.69, 9.17) is 5.11 Å². The topological polar surface area (TPSA) is 40.5 Å². The number of rotatable bonds is 4. The van der Waals surface area contributed by atoms with E-state index in [1.165, 1.54) is 4.88 Å². The summed E-state index contributed by atoms with van der Waals surface area (Å²) in [5.74, 6) is 0.170. The molecule has 0 spiro atoms. The van der Waals surface area contributed by atoms with Gasteiger partial charge in [0.2, 0.25) is 0 Å². The second-order valence-corrected chi connectivity index (χ2v) is 5.86. The Balaban J connectivity index is 2.03. The Morgan fingerprint density at radius 3 is 3.06 bits per heavy atom. The lowest BCUT2D eigenvalue weighted by Gasteiger charge is -2.24. The first kappa shape index (κ1) is 12.6. The molecule has 1 aromatic heterocycles. The molecule has 94 valence electrons. The van der Waals surface area contributed by atoms with Crippen LogP contribution in [0.3, 0.4) is 0 Å². The zero-order valence-corrected chi connectivity index (χ0v) is 11.0. The maximum absolute atomic E-state index is 12.3. The number of hydrogen-bond acceptors (Lipinski definition) is 3. The number of aryl methyl sites for hydroxylation is 1. The number of likely N-dealkylation sites (tertiary alicyclic amines) is 1. The molecule has 1 unspecified atom stereocenters. The van der Waals surface area contributed by atoms with Crippen molar-refractivity contribution in [2.24, 2.45) is 0 Å². The lowest BCUT2D eigenvalue weighted by molar-refractivity contribution is 0.0729. The zero-order valence-electron chi connectivity index (χ0n) is 10.2. The maximum Gasteiger partial charge on any atom is 0.264 e. The van der Waals surface area contributed by atoms with Gasteiger partial charge in [-0.3, -0.25) is 4.79 Å². The van der Waals surface area contributed by atoms with E-state index >= 15 is 0 Å². The van der Waals surface area contributed by atoms with Crippen LogP contribution >= 0.6 is 11.3 Å². The average molecular weight is 253 g/mol. The summed E-state index contributed by atoms with van der Waals surface area (Å²) in [6.07, 6.45) is 3.88. The van der Waals surface area contributed by atoms with E-state index in [-0.39, 0.29) is 12.5 Å². The van der Waals surface area contributed by atoms with Gasteiger partial charge in [0.05, 0.1) is 4.88 Å². The van der Waals surface area contributed by atoms with Crippen molar-refractivity contribution in [3.8, 4) is 0 Å². The van der Waals surface area contributed by atoms with Crippen LogP contribution in [0.5, 0.6) is 0 Å². The fourth-order valence-corrected chi connectivity index (χ4v) is 3.24. The van der Waals surface area contributed by atoms with Crippen LogP contribution in [0.25, 0.3) is 0 Å². The third-order valence-electron chi connectivity index (χ3n) is 3.28. The van der Waals surface area contributed by atoms with Crippen LogP contribution in [-0.2, 0) is 0 Å². The van der Waals surface area contributed by atoms with Crippen molar-refractivity contribution in [1.82, 2.24) is 4.90 Å². The third kappa shape index (κ3) is 2.87. The predicted molar refractivity (Wildman–Crippen MR) is 69.4 cm³/mol. The molecule has 4 heteroatoms. The number of aliphatic hydroxyl groups is 1. The molecular weight excluding hydrogens is 234 g/mol. The maximum atomic E-state index is 12.3. The van der Waals surface area contributed by atoms with Gasteiger partial charge in [-0.1, -0.05) is 0 Å². The van der Waals surface area contributed by atoms with Gasteiger partial charge in [-0.2, -0.15) is 0 Å². The smallest absolute Gasteiger partial charge is 0.264 e. The summed E-state index contributed by atoms with van der Waals surface area (Å²) in [4.78, 5) is 16.3. The highest BCUT2D eigenvalue weighted by Gasteiger charge is 2.29. The molecule has 2 rings (SSSR count). The molecule has 3 nitrogen and oxygen atoms in total. The van der Waals surface area contributed by atoms with E-state index < -0.39 is 0 Å². The molecule has 0 bridgehead atoms. The third-order valence-corrected chi connectivity index (χ3v) is 4.27. The van der Waals surface area contributed by atoms with Crippen LogP contribution in [0.15, 0.2) is 12.1 Å². The Bertz CT molecular complexity index is 389. The molecule has 0 saturated carbocycles. The van der Waals surface area contributed by atoms with E-state index in [9.17, 15) is 4.79 Å². The lowest BCUT2D eigenvalue weighted by Crippen LogP contribution is -2.35. The van der Waals surface area contributed by atoms with E-state index in [1.807, 2.05) is 24.0 Å². The van der Waals surface area contributed by atoms with Gasteiger partial charge in [0.1, 0.15) is 0 Å². The molecule has 1 N–H and O–H groups in total. The number of hydrogen-bond donors (Lipinski definition) is 1. The molecule has 0 aromatic carbocycles. The van der Waals surface area contributed by atoms with Gasteiger partial charge in [0.15, 0.2) is 0 Å². The van der Waals surface area contributed by atoms with Crippen molar-refractivity contribution < 1.29 is 9.90 Å². The minimum absolute atomic E-state index is 0.170. The molecule has 0 aliphatic carbocycles. The summed E-state index contributed by atoms with van der Waals surface area (Å²) in [5, 5.41) is 8.87.